The van der Waals surface area contributed by atoms with E-state index in [-0.39, 0.29) is 0 Å². The zero-order valence-corrected chi connectivity index (χ0v) is 13.7. The summed E-state index contributed by atoms with van der Waals surface area (Å²) in [6.07, 6.45) is 8.10. The molecule has 2 unspecified atom stereocenters. The predicted octanol–water partition coefficient (Wildman–Crippen LogP) is 4.13. The second kappa shape index (κ2) is 8.75. The summed E-state index contributed by atoms with van der Waals surface area (Å²) in [4.78, 5) is 4.64. The van der Waals surface area contributed by atoms with Gasteiger partial charge in [-0.1, -0.05) is 33.1 Å². The number of nitrogens with zero attached hydrogens (tertiary/aromatic N) is 1. The van der Waals surface area contributed by atoms with E-state index in [1.54, 1.807) is 11.3 Å². The summed E-state index contributed by atoms with van der Waals surface area (Å²) < 4.78 is 6.06. The van der Waals surface area contributed by atoms with Crippen LogP contribution in [0.1, 0.15) is 63.1 Å². The number of thiazole rings is 1. The molecule has 114 valence electrons. The summed E-state index contributed by atoms with van der Waals surface area (Å²) in [5.74, 6) is 0.873. The molecule has 0 saturated heterocycles. The Kier molecular flexibility index (Phi) is 6.97. The highest BCUT2D eigenvalue weighted by atomic mass is 32.1. The van der Waals surface area contributed by atoms with Crippen molar-refractivity contribution in [3.8, 4) is 0 Å². The Morgan fingerprint density at radius 3 is 3.10 bits per heavy atom. The topological polar surface area (TPSA) is 34.2 Å². The van der Waals surface area contributed by atoms with E-state index in [1.807, 2.05) is 0 Å². The lowest BCUT2D eigenvalue weighted by molar-refractivity contribution is 0.000499. The van der Waals surface area contributed by atoms with Crippen molar-refractivity contribution in [1.82, 2.24) is 10.3 Å². The molecule has 1 aliphatic rings. The maximum absolute atomic E-state index is 6.06. The van der Waals surface area contributed by atoms with Gasteiger partial charge in [0.25, 0.3) is 0 Å². The molecule has 20 heavy (non-hydrogen) atoms. The predicted molar refractivity (Wildman–Crippen MR) is 84.9 cm³/mol. The van der Waals surface area contributed by atoms with Crippen molar-refractivity contribution in [2.75, 3.05) is 6.54 Å². The SMILES string of the molecule is CCCNCc1nc(COC2CCCC(CC)C2)cs1. The molecule has 3 nitrogen and oxygen atoms in total. The van der Waals surface area contributed by atoms with Gasteiger partial charge in [-0.3, -0.25) is 0 Å². The van der Waals surface area contributed by atoms with E-state index in [1.165, 1.54) is 43.5 Å². The van der Waals surface area contributed by atoms with Crippen molar-refractivity contribution in [2.45, 2.75) is 71.6 Å². The van der Waals surface area contributed by atoms with Gasteiger partial charge in [-0.2, -0.15) is 0 Å². The monoisotopic (exact) mass is 296 g/mol. The fourth-order valence-corrected chi connectivity index (χ4v) is 3.58. The highest BCUT2D eigenvalue weighted by molar-refractivity contribution is 7.09. The first-order valence-corrected chi connectivity index (χ1v) is 8.95. The van der Waals surface area contributed by atoms with Crippen LogP contribution in [0.5, 0.6) is 0 Å². The minimum absolute atomic E-state index is 0.456. The van der Waals surface area contributed by atoms with Crippen LogP contribution in [-0.4, -0.2) is 17.6 Å². The molecule has 1 aromatic heterocycles. The molecule has 2 atom stereocenters. The summed E-state index contributed by atoms with van der Waals surface area (Å²) in [5.41, 5.74) is 1.10. The number of ether oxygens (including phenoxy) is 1. The molecule has 0 amide bonds. The normalized spacial score (nSPS) is 23.1. The van der Waals surface area contributed by atoms with Crippen LogP contribution in [0.4, 0.5) is 0 Å². The van der Waals surface area contributed by atoms with Crippen molar-refractivity contribution in [1.29, 1.82) is 0 Å². The minimum atomic E-state index is 0.456. The van der Waals surface area contributed by atoms with Crippen molar-refractivity contribution < 1.29 is 4.74 Å². The highest BCUT2D eigenvalue weighted by Crippen LogP contribution is 2.29. The van der Waals surface area contributed by atoms with Crippen molar-refractivity contribution in [3.05, 3.63) is 16.1 Å². The van der Waals surface area contributed by atoms with E-state index in [9.17, 15) is 0 Å². The van der Waals surface area contributed by atoms with Crippen LogP contribution in [0.15, 0.2) is 5.38 Å². The van der Waals surface area contributed by atoms with E-state index < -0.39 is 0 Å². The summed E-state index contributed by atoms with van der Waals surface area (Å²) in [7, 11) is 0. The third-order valence-electron chi connectivity index (χ3n) is 4.08. The van der Waals surface area contributed by atoms with Gasteiger partial charge in [-0.15, -0.1) is 11.3 Å². The van der Waals surface area contributed by atoms with Crippen molar-refractivity contribution >= 4 is 11.3 Å². The summed E-state index contributed by atoms with van der Waals surface area (Å²) >= 11 is 1.74. The second-order valence-electron chi connectivity index (χ2n) is 5.78. The van der Waals surface area contributed by atoms with Crippen LogP contribution in [0.25, 0.3) is 0 Å². The molecular formula is C16H28N2OS. The maximum Gasteiger partial charge on any atom is 0.107 e. The molecule has 1 heterocycles. The number of hydrogen-bond donors (Lipinski definition) is 1. The molecule has 1 aromatic rings. The van der Waals surface area contributed by atoms with E-state index in [4.69, 9.17) is 4.74 Å². The van der Waals surface area contributed by atoms with Gasteiger partial charge in [0.1, 0.15) is 5.01 Å². The molecule has 1 saturated carbocycles. The van der Waals surface area contributed by atoms with Crippen LogP contribution in [0.3, 0.4) is 0 Å². The largest absolute Gasteiger partial charge is 0.372 e. The van der Waals surface area contributed by atoms with E-state index >= 15 is 0 Å². The molecule has 4 heteroatoms. The highest BCUT2D eigenvalue weighted by Gasteiger charge is 2.21. The fourth-order valence-electron chi connectivity index (χ4n) is 2.84. The average Bonchev–Trinajstić information content (AvgIpc) is 2.94. The Balaban J connectivity index is 1.70. The third kappa shape index (κ3) is 5.15. The molecule has 0 aliphatic heterocycles. The van der Waals surface area contributed by atoms with Crippen molar-refractivity contribution in [3.63, 3.8) is 0 Å². The second-order valence-corrected chi connectivity index (χ2v) is 6.73. The van der Waals surface area contributed by atoms with Gasteiger partial charge >= 0.3 is 0 Å². The van der Waals surface area contributed by atoms with E-state index in [0.29, 0.717) is 12.7 Å². The number of nitrogens with one attached hydrogen (secondary N) is 1. The van der Waals surface area contributed by atoms with Gasteiger partial charge in [0.05, 0.1) is 18.4 Å². The van der Waals surface area contributed by atoms with Gasteiger partial charge in [0, 0.05) is 11.9 Å². The number of rotatable bonds is 8. The number of aromatic nitrogens is 1. The molecule has 1 aliphatic carbocycles. The Hall–Kier alpha value is -0.450. The standard InChI is InChI=1S/C16H28N2OS/c1-3-8-17-10-16-18-14(12-20-16)11-19-15-7-5-6-13(4-2)9-15/h12-13,15,17H,3-11H2,1-2H3. The molecule has 1 N–H and O–H groups in total. The lowest BCUT2D eigenvalue weighted by atomic mass is 9.85. The van der Waals surface area contributed by atoms with Gasteiger partial charge in [-0.05, 0) is 31.7 Å². The Morgan fingerprint density at radius 2 is 2.30 bits per heavy atom. The summed E-state index contributed by atoms with van der Waals surface area (Å²) in [6.45, 7) is 7.11. The Bertz CT molecular complexity index is 380. The van der Waals surface area contributed by atoms with Crippen molar-refractivity contribution in [2.24, 2.45) is 5.92 Å². The van der Waals surface area contributed by atoms with Crippen LogP contribution < -0.4 is 5.32 Å². The Morgan fingerprint density at radius 1 is 1.40 bits per heavy atom. The lowest BCUT2D eigenvalue weighted by Crippen LogP contribution is -2.22. The fraction of sp³-hybridized carbons (Fsp3) is 0.812. The summed E-state index contributed by atoms with van der Waals surface area (Å²) in [5, 5.41) is 6.71. The molecular weight excluding hydrogens is 268 g/mol. The Labute approximate surface area is 127 Å². The maximum atomic E-state index is 6.06. The first-order chi connectivity index (χ1) is 9.81. The number of hydrogen-bond acceptors (Lipinski definition) is 4. The van der Waals surface area contributed by atoms with E-state index in [2.05, 4.69) is 29.5 Å². The van der Waals surface area contributed by atoms with E-state index in [0.717, 1.165) is 24.7 Å². The molecule has 0 aromatic carbocycles. The quantitative estimate of drug-likeness (QED) is 0.732. The molecule has 0 spiro atoms. The minimum Gasteiger partial charge on any atom is -0.372 e. The van der Waals surface area contributed by atoms with Gasteiger partial charge in [-0.25, -0.2) is 4.98 Å². The smallest absolute Gasteiger partial charge is 0.107 e. The lowest BCUT2D eigenvalue weighted by Gasteiger charge is -2.28. The third-order valence-corrected chi connectivity index (χ3v) is 4.98. The zero-order chi connectivity index (χ0) is 14.2. The van der Waals surface area contributed by atoms with Crippen LogP contribution >= 0.6 is 11.3 Å². The first kappa shape index (κ1) is 15.9. The molecule has 2 rings (SSSR count). The van der Waals surface area contributed by atoms with Crippen LogP contribution in [0.2, 0.25) is 0 Å². The zero-order valence-electron chi connectivity index (χ0n) is 12.9. The van der Waals surface area contributed by atoms with Crippen LogP contribution in [-0.2, 0) is 17.9 Å². The molecule has 0 radical (unpaired) electrons. The molecule has 0 bridgehead atoms. The average molecular weight is 296 g/mol. The van der Waals surface area contributed by atoms with Gasteiger partial charge in [0.15, 0.2) is 0 Å². The van der Waals surface area contributed by atoms with Crippen LogP contribution in [0, 0.1) is 5.92 Å². The first-order valence-electron chi connectivity index (χ1n) is 8.07. The summed E-state index contributed by atoms with van der Waals surface area (Å²) in [6, 6.07) is 0. The van der Waals surface area contributed by atoms with Gasteiger partial charge < -0.3 is 10.1 Å². The van der Waals surface area contributed by atoms with Gasteiger partial charge in [0.2, 0.25) is 0 Å². The molecule has 1 fully saturated rings.